The smallest absolute Gasteiger partial charge is 0.314 e. The van der Waals surface area contributed by atoms with Crippen molar-refractivity contribution < 1.29 is 14.7 Å². The Bertz CT molecular complexity index is 543. The Morgan fingerprint density at radius 2 is 1.77 bits per heavy atom. The molecule has 0 spiro atoms. The van der Waals surface area contributed by atoms with Crippen LogP contribution in [0.25, 0.3) is 0 Å². The first kappa shape index (κ1) is 15.1. The molecule has 2 fully saturated rings. The van der Waals surface area contributed by atoms with Crippen molar-refractivity contribution >= 4 is 11.9 Å². The SMILES string of the molecule is O=C(CCC1CC1)N1CCC(C(=O)O)(c2ccccc2)CC1. The Labute approximate surface area is 131 Å². The Balaban J connectivity index is 1.65. The van der Waals surface area contributed by atoms with Crippen LogP contribution in [0.4, 0.5) is 0 Å². The Morgan fingerprint density at radius 3 is 2.32 bits per heavy atom. The fourth-order valence-electron chi connectivity index (χ4n) is 3.41. The second-order valence-electron chi connectivity index (χ2n) is 6.62. The highest BCUT2D eigenvalue weighted by atomic mass is 16.4. The number of piperidine rings is 1. The summed E-state index contributed by atoms with van der Waals surface area (Å²) >= 11 is 0. The minimum atomic E-state index is -0.839. The van der Waals surface area contributed by atoms with Crippen LogP contribution >= 0.6 is 0 Å². The molecule has 0 aromatic heterocycles. The minimum absolute atomic E-state index is 0.193. The average molecular weight is 301 g/mol. The van der Waals surface area contributed by atoms with E-state index in [9.17, 15) is 14.7 Å². The molecular formula is C18H23NO3. The summed E-state index contributed by atoms with van der Waals surface area (Å²) in [6.45, 7) is 1.09. The third-order valence-electron chi connectivity index (χ3n) is 5.17. The zero-order valence-electron chi connectivity index (χ0n) is 12.8. The van der Waals surface area contributed by atoms with Crippen molar-refractivity contribution in [2.75, 3.05) is 13.1 Å². The number of carbonyl (C=O) groups excluding carboxylic acids is 1. The van der Waals surface area contributed by atoms with E-state index in [2.05, 4.69) is 0 Å². The van der Waals surface area contributed by atoms with Gasteiger partial charge in [-0.15, -0.1) is 0 Å². The molecule has 1 N–H and O–H groups in total. The normalized spacial score (nSPS) is 20.6. The molecule has 0 radical (unpaired) electrons. The van der Waals surface area contributed by atoms with E-state index in [0.29, 0.717) is 32.4 Å². The molecular weight excluding hydrogens is 278 g/mol. The monoisotopic (exact) mass is 301 g/mol. The molecule has 1 aromatic carbocycles. The largest absolute Gasteiger partial charge is 0.481 e. The van der Waals surface area contributed by atoms with Crippen molar-refractivity contribution in [3.63, 3.8) is 0 Å². The summed E-state index contributed by atoms with van der Waals surface area (Å²) < 4.78 is 0. The fourth-order valence-corrected chi connectivity index (χ4v) is 3.41. The Kier molecular flexibility index (Phi) is 4.19. The predicted octanol–water partition coefficient (Wildman–Crippen LogP) is 2.82. The number of likely N-dealkylation sites (tertiary alicyclic amines) is 1. The van der Waals surface area contributed by atoms with Gasteiger partial charge in [0.05, 0.1) is 5.41 Å². The molecule has 1 saturated carbocycles. The standard InChI is InChI=1S/C18H23NO3/c20-16(9-8-14-6-7-14)19-12-10-18(11-13-19,17(21)22)15-4-2-1-3-5-15/h1-5,14H,6-13H2,(H,21,22). The van der Waals surface area contributed by atoms with Crippen molar-refractivity contribution in [1.82, 2.24) is 4.90 Å². The topological polar surface area (TPSA) is 57.6 Å². The van der Waals surface area contributed by atoms with Gasteiger partial charge in [-0.05, 0) is 30.7 Å². The van der Waals surface area contributed by atoms with Crippen LogP contribution in [0.15, 0.2) is 30.3 Å². The van der Waals surface area contributed by atoms with Gasteiger partial charge in [0.2, 0.25) is 5.91 Å². The van der Waals surface area contributed by atoms with Gasteiger partial charge < -0.3 is 10.0 Å². The van der Waals surface area contributed by atoms with E-state index < -0.39 is 11.4 Å². The van der Waals surface area contributed by atoms with Gasteiger partial charge in [-0.2, -0.15) is 0 Å². The third-order valence-corrected chi connectivity index (χ3v) is 5.17. The molecule has 1 heterocycles. The van der Waals surface area contributed by atoms with Crippen LogP contribution in [0.1, 0.15) is 44.1 Å². The first-order chi connectivity index (χ1) is 10.6. The number of hydrogen-bond donors (Lipinski definition) is 1. The maximum absolute atomic E-state index is 12.2. The molecule has 22 heavy (non-hydrogen) atoms. The van der Waals surface area contributed by atoms with E-state index in [4.69, 9.17) is 0 Å². The van der Waals surface area contributed by atoms with E-state index in [1.54, 1.807) is 0 Å². The molecule has 1 amide bonds. The van der Waals surface area contributed by atoms with Gasteiger partial charge in [0.15, 0.2) is 0 Å². The molecule has 0 unspecified atom stereocenters. The summed E-state index contributed by atoms with van der Waals surface area (Å²) in [6, 6.07) is 9.44. The molecule has 4 heteroatoms. The highest BCUT2D eigenvalue weighted by Crippen LogP contribution is 2.37. The van der Waals surface area contributed by atoms with Crippen molar-refractivity contribution in [3.8, 4) is 0 Å². The van der Waals surface area contributed by atoms with Crippen molar-refractivity contribution in [1.29, 1.82) is 0 Å². The summed E-state index contributed by atoms with van der Waals surface area (Å²) in [6.07, 6.45) is 5.16. The third kappa shape index (κ3) is 3.01. The number of carboxylic acid groups (broad SMARTS) is 1. The van der Waals surface area contributed by atoms with Crippen LogP contribution in [-0.4, -0.2) is 35.0 Å². The number of hydrogen-bond acceptors (Lipinski definition) is 2. The number of amides is 1. The number of rotatable bonds is 5. The molecule has 3 rings (SSSR count). The maximum Gasteiger partial charge on any atom is 0.314 e. The number of benzene rings is 1. The van der Waals surface area contributed by atoms with Crippen molar-refractivity contribution in [2.24, 2.45) is 5.92 Å². The number of carbonyl (C=O) groups is 2. The zero-order valence-corrected chi connectivity index (χ0v) is 12.8. The lowest BCUT2D eigenvalue weighted by Gasteiger charge is -2.39. The molecule has 1 saturated heterocycles. The van der Waals surface area contributed by atoms with Crippen molar-refractivity contribution in [2.45, 2.75) is 43.9 Å². The Morgan fingerprint density at radius 1 is 1.14 bits per heavy atom. The lowest BCUT2D eigenvalue weighted by atomic mass is 9.73. The van der Waals surface area contributed by atoms with Gasteiger partial charge in [-0.3, -0.25) is 9.59 Å². The second kappa shape index (κ2) is 6.11. The lowest BCUT2D eigenvalue weighted by molar-refractivity contribution is -0.148. The summed E-state index contributed by atoms with van der Waals surface area (Å²) in [5, 5.41) is 9.75. The first-order valence-electron chi connectivity index (χ1n) is 8.18. The quantitative estimate of drug-likeness (QED) is 0.910. The molecule has 118 valence electrons. The van der Waals surface area contributed by atoms with Crippen LogP contribution in [-0.2, 0) is 15.0 Å². The molecule has 2 aliphatic rings. The zero-order chi connectivity index (χ0) is 15.6. The number of nitrogens with zero attached hydrogens (tertiary/aromatic N) is 1. The Hall–Kier alpha value is -1.84. The summed E-state index contributed by atoms with van der Waals surface area (Å²) in [5.74, 6) is 0.180. The van der Waals surface area contributed by atoms with Crippen LogP contribution in [0.5, 0.6) is 0 Å². The molecule has 1 aliphatic carbocycles. The molecule has 0 bridgehead atoms. The van der Waals surface area contributed by atoms with Gasteiger partial charge in [0.1, 0.15) is 0 Å². The maximum atomic E-state index is 12.2. The van der Waals surface area contributed by atoms with Crippen LogP contribution in [0.3, 0.4) is 0 Å². The van der Waals surface area contributed by atoms with Gasteiger partial charge in [-0.25, -0.2) is 0 Å². The molecule has 1 aromatic rings. The van der Waals surface area contributed by atoms with Gasteiger partial charge >= 0.3 is 5.97 Å². The summed E-state index contributed by atoms with van der Waals surface area (Å²) in [5.41, 5.74) is 0.0155. The fraction of sp³-hybridized carbons (Fsp3) is 0.556. The average Bonchev–Trinajstić information content (AvgIpc) is 3.37. The van der Waals surface area contributed by atoms with Crippen LogP contribution in [0.2, 0.25) is 0 Å². The van der Waals surface area contributed by atoms with Gasteiger partial charge in [-0.1, -0.05) is 43.2 Å². The van der Waals surface area contributed by atoms with Gasteiger partial charge in [0, 0.05) is 19.5 Å². The minimum Gasteiger partial charge on any atom is -0.481 e. The van der Waals surface area contributed by atoms with E-state index in [0.717, 1.165) is 17.9 Å². The summed E-state index contributed by atoms with van der Waals surface area (Å²) in [7, 11) is 0. The van der Waals surface area contributed by atoms with E-state index >= 15 is 0 Å². The molecule has 4 nitrogen and oxygen atoms in total. The number of carboxylic acids is 1. The van der Waals surface area contributed by atoms with Crippen molar-refractivity contribution in [3.05, 3.63) is 35.9 Å². The first-order valence-corrected chi connectivity index (χ1v) is 8.18. The van der Waals surface area contributed by atoms with E-state index in [-0.39, 0.29) is 5.91 Å². The highest BCUT2D eigenvalue weighted by Gasteiger charge is 2.43. The van der Waals surface area contributed by atoms with Crippen LogP contribution < -0.4 is 0 Å². The summed E-state index contributed by atoms with van der Waals surface area (Å²) in [4.78, 5) is 26.0. The molecule has 1 aliphatic heterocycles. The highest BCUT2D eigenvalue weighted by molar-refractivity contribution is 5.82. The van der Waals surface area contributed by atoms with E-state index in [1.807, 2.05) is 35.2 Å². The van der Waals surface area contributed by atoms with Gasteiger partial charge in [0.25, 0.3) is 0 Å². The predicted molar refractivity (Wildman–Crippen MR) is 83.5 cm³/mol. The van der Waals surface area contributed by atoms with Crippen LogP contribution in [0, 0.1) is 5.92 Å². The second-order valence-corrected chi connectivity index (χ2v) is 6.62. The lowest BCUT2D eigenvalue weighted by Crippen LogP contribution is -2.49. The van der Waals surface area contributed by atoms with E-state index in [1.165, 1.54) is 12.8 Å². The molecule has 0 atom stereocenters. The number of aliphatic carboxylic acids is 1.